The molecule has 0 radical (unpaired) electrons. The summed E-state index contributed by atoms with van der Waals surface area (Å²) in [6.07, 6.45) is 6.60. The molecule has 38 heavy (non-hydrogen) atoms. The second kappa shape index (κ2) is 11.1. The van der Waals surface area contributed by atoms with Crippen molar-refractivity contribution in [1.29, 1.82) is 0 Å². The fourth-order valence-electron chi connectivity index (χ4n) is 6.26. The summed E-state index contributed by atoms with van der Waals surface area (Å²) in [7, 11) is 0. The SMILES string of the molecule is [C-]#[N+]C1(c2cccc(C)c2)CCN(CCCCCc2cccc3c2CN(C2CCC(=O)NC2=O)C3=O)CC1. The first kappa shape index (κ1) is 26.1. The number of hydrogen-bond donors (Lipinski definition) is 1. The Morgan fingerprint density at radius 2 is 1.84 bits per heavy atom. The van der Waals surface area contributed by atoms with Gasteiger partial charge in [-0.2, -0.15) is 0 Å². The molecule has 3 heterocycles. The van der Waals surface area contributed by atoms with E-state index in [1.807, 2.05) is 12.1 Å². The molecule has 3 aliphatic heterocycles. The highest BCUT2D eigenvalue weighted by Gasteiger charge is 2.42. The molecule has 2 saturated heterocycles. The number of nitrogens with one attached hydrogen (secondary N) is 1. The van der Waals surface area contributed by atoms with Crippen molar-refractivity contribution in [3.8, 4) is 0 Å². The summed E-state index contributed by atoms with van der Waals surface area (Å²) in [5, 5.41) is 2.37. The summed E-state index contributed by atoms with van der Waals surface area (Å²) in [5.74, 6) is -0.741. The Labute approximate surface area is 225 Å². The number of unbranched alkanes of at least 4 members (excludes halogenated alkanes) is 2. The van der Waals surface area contributed by atoms with Gasteiger partial charge in [0, 0.05) is 50.0 Å². The van der Waals surface area contributed by atoms with Crippen LogP contribution in [0.5, 0.6) is 0 Å². The van der Waals surface area contributed by atoms with Crippen LogP contribution in [-0.2, 0) is 28.1 Å². The molecule has 7 heteroatoms. The maximum absolute atomic E-state index is 13.0. The number of carbonyl (C=O) groups excluding carboxylic acids is 3. The summed E-state index contributed by atoms with van der Waals surface area (Å²) in [4.78, 5) is 45.1. The molecule has 0 aliphatic carbocycles. The van der Waals surface area contributed by atoms with Crippen LogP contribution in [-0.4, -0.2) is 53.2 Å². The van der Waals surface area contributed by atoms with Crippen molar-refractivity contribution in [3.63, 3.8) is 0 Å². The number of piperidine rings is 2. The molecule has 3 aliphatic rings. The predicted octanol–water partition coefficient (Wildman–Crippen LogP) is 4.38. The number of likely N-dealkylation sites (tertiary alicyclic amines) is 1. The van der Waals surface area contributed by atoms with E-state index in [1.165, 1.54) is 11.1 Å². The number of hydrogen-bond acceptors (Lipinski definition) is 4. The van der Waals surface area contributed by atoms with Crippen LogP contribution in [0.15, 0.2) is 42.5 Å². The number of fused-ring (bicyclic) bond motifs is 1. The third-order valence-electron chi connectivity index (χ3n) is 8.55. The molecular weight excluding hydrogens is 476 g/mol. The van der Waals surface area contributed by atoms with E-state index in [0.717, 1.165) is 69.3 Å². The van der Waals surface area contributed by atoms with Crippen LogP contribution in [0.3, 0.4) is 0 Å². The lowest BCUT2D eigenvalue weighted by molar-refractivity contribution is -0.136. The quantitative estimate of drug-likeness (QED) is 0.324. The Morgan fingerprint density at radius 1 is 1.05 bits per heavy atom. The number of imide groups is 1. The molecule has 1 atom stereocenters. The fraction of sp³-hybridized carbons (Fsp3) is 0.484. The Balaban J connectivity index is 1.09. The second-order valence-corrected chi connectivity index (χ2v) is 11.0. The molecule has 7 nitrogen and oxygen atoms in total. The van der Waals surface area contributed by atoms with E-state index in [9.17, 15) is 14.4 Å². The van der Waals surface area contributed by atoms with Crippen LogP contribution in [0.25, 0.3) is 4.85 Å². The van der Waals surface area contributed by atoms with Gasteiger partial charge in [-0.05, 0) is 62.4 Å². The van der Waals surface area contributed by atoms with Crippen LogP contribution < -0.4 is 5.32 Å². The minimum Gasteiger partial charge on any atom is -0.322 e. The van der Waals surface area contributed by atoms with Crippen molar-refractivity contribution in [2.45, 2.75) is 76.4 Å². The average Bonchev–Trinajstić information content (AvgIpc) is 3.25. The van der Waals surface area contributed by atoms with Crippen molar-refractivity contribution in [2.24, 2.45) is 0 Å². The molecule has 1 N–H and O–H groups in total. The number of rotatable bonds is 8. The van der Waals surface area contributed by atoms with Crippen LogP contribution in [0.4, 0.5) is 0 Å². The van der Waals surface area contributed by atoms with Gasteiger partial charge in [-0.15, -0.1) is 0 Å². The zero-order chi connectivity index (χ0) is 26.7. The van der Waals surface area contributed by atoms with E-state index in [2.05, 4.69) is 52.3 Å². The van der Waals surface area contributed by atoms with Crippen LogP contribution in [0, 0.1) is 13.5 Å². The second-order valence-electron chi connectivity index (χ2n) is 11.0. The Kier molecular flexibility index (Phi) is 7.62. The lowest BCUT2D eigenvalue weighted by Gasteiger charge is -2.34. The summed E-state index contributed by atoms with van der Waals surface area (Å²) in [6, 6.07) is 13.7. The fourth-order valence-corrected chi connectivity index (χ4v) is 6.26. The molecule has 1 unspecified atom stereocenters. The summed E-state index contributed by atoms with van der Waals surface area (Å²) >= 11 is 0. The number of benzene rings is 2. The van der Waals surface area contributed by atoms with E-state index in [-0.39, 0.29) is 29.7 Å². The largest absolute Gasteiger partial charge is 0.322 e. The van der Waals surface area contributed by atoms with Gasteiger partial charge in [-0.3, -0.25) is 19.7 Å². The van der Waals surface area contributed by atoms with Gasteiger partial charge < -0.3 is 14.6 Å². The lowest BCUT2D eigenvalue weighted by Crippen LogP contribution is -2.52. The minimum atomic E-state index is -0.572. The summed E-state index contributed by atoms with van der Waals surface area (Å²) in [5.41, 5.74) is 4.91. The Morgan fingerprint density at radius 3 is 2.58 bits per heavy atom. The highest BCUT2D eigenvalue weighted by atomic mass is 16.2. The number of nitrogens with zero attached hydrogens (tertiary/aromatic N) is 3. The van der Waals surface area contributed by atoms with Gasteiger partial charge >= 0.3 is 0 Å². The van der Waals surface area contributed by atoms with Crippen molar-refractivity contribution in [3.05, 3.63) is 81.7 Å². The van der Waals surface area contributed by atoms with E-state index in [4.69, 9.17) is 6.57 Å². The normalized spacial score (nSPS) is 21.2. The maximum Gasteiger partial charge on any atom is 0.260 e. The van der Waals surface area contributed by atoms with Crippen molar-refractivity contribution in [1.82, 2.24) is 15.1 Å². The molecule has 0 spiro atoms. The maximum atomic E-state index is 13.0. The van der Waals surface area contributed by atoms with Gasteiger partial charge in [0.1, 0.15) is 6.04 Å². The topological polar surface area (TPSA) is 74.1 Å². The lowest BCUT2D eigenvalue weighted by atomic mass is 9.81. The number of carbonyl (C=O) groups is 3. The first-order valence-corrected chi connectivity index (χ1v) is 13.8. The van der Waals surface area contributed by atoms with Crippen LogP contribution >= 0.6 is 0 Å². The Hall–Kier alpha value is -3.50. The van der Waals surface area contributed by atoms with Crippen molar-refractivity contribution in [2.75, 3.05) is 19.6 Å². The Bertz CT molecular complexity index is 1270. The molecule has 3 amide bonds. The molecule has 2 aromatic carbocycles. The van der Waals surface area contributed by atoms with Crippen molar-refractivity contribution < 1.29 is 14.4 Å². The van der Waals surface area contributed by atoms with Crippen LogP contribution in [0.1, 0.15) is 77.6 Å². The molecular formula is C31H36N4O3. The van der Waals surface area contributed by atoms with Gasteiger partial charge in [-0.1, -0.05) is 42.3 Å². The van der Waals surface area contributed by atoms with Gasteiger partial charge in [0.25, 0.3) is 11.4 Å². The number of aryl methyl sites for hydroxylation is 2. The monoisotopic (exact) mass is 512 g/mol. The highest BCUT2D eigenvalue weighted by Crippen LogP contribution is 2.37. The average molecular weight is 513 g/mol. The third-order valence-corrected chi connectivity index (χ3v) is 8.55. The van der Waals surface area contributed by atoms with Gasteiger partial charge in [0.15, 0.2) is 0 Å². The molecule has 2 aromatic rings. The molecule has 0 aromatic heterocycles. The zero-order valence-corrected chi connectivity index (χ0v) is 22.2. The van der Waals surface area contributed by atoms with Gasteiger partial charge in [0.2, 0.25) is 11.8 Å². The summed E-state index contributed by atoms with van der Waals surface area (Å²) in [6.45, 7) is 13.4. The minimum absolute atomic E-state index is 0.109. The smallest absolute Gasteiger partial charge is 0.260 e. The van der Waals surface area contributed by atoms with Gasteiger partial charge in [-0.25, -0.2) is 6.57 Å². The predicted molar refractivity (Wildman–Crippen MR) is 145 cm³/mol. The van der Waals surface area contributed by atoms with Crippen LogP contribution in [0.2, 0.25) is 0 Å². The number of amides is 3. The first-order valence-electron chi connectivity index (χ1n) is 13.8. The van der Waals surface area contributed by atoms with E-state index >= 15 is 0 Å². The van der Waals surface area contributed by atoms with E-state index < -0.39 is 6.04 Å². The van der Waals surface area contributed by atoms with Gasteiger partial charge in [0.05, 0.1) is 0 Å². The standard InChI is InChI=1S/C31H36N4O3/c1-22-8-6-11-24(20-22)31(32-2)15-18-34(19-16-31)17-5-3-4-9-23-10-7-12-25-26(23)21-35(30(25)38)27-13-14-28(36)33-29(27)37/h6-8,10-12,20,27H,3-5,9,13-19,21H2,1H3,(H,33,36,37). The molecule has 198 valence electrons. The molecule has 0 bridgehead atoms. The third kappa shape index (κ3) is 5.23. The molecule has 2 fully saturated rings. The van der Waals surface area contributed by atoms with E-state index in [1.54, 1.807) is 4.90 Å². The van der Waals surface area contributed by atoms with Crippen molar-refractivity contribution >= 4 is 17.7 Å². The summed E-state index contributed by atoms with van der Waals surface area (Å²) < 4.78 is 0. The zero-order valence-electron chi connectivity index (χ0n) is 22.2. The molecule has 5 rings (SSSR count). The highest BCUT2D eigenvalue weighted by molar-refractivity contribution is 6.05. The molecule has 0 saturated carbocycles. The first-order chi connectivity index (χ1) is 18.4. The van der Waals surface area contributed by atoms with E-state index in [0.29, 0.717) is 18.5 Å².